The lowest BCUT2D eigenvalue weighted by molar-refractivity contribution is -0.162. The number of alkyl halides is 3. The second-order valence-corrected chi connectivity index (χ2v) is 6.99. The summed E-state index contributed by atoms with van der Waals surface area (Å²) < 4.78 is 51.3. The van der Waals surface area contributed by atoms with Crippen molar-refractivity contribution in [2.45, 2.75) is 45.5 Å². The molecule has 0 unspecified atom stereocenters. The van der Waals surface area contributed by atoms with Crippen LogP contribution in [0.5, 0.6) is 0 Å². The van der Waals surface area contributed by atoms with Crippen LogP contribution in [-0.2, 0) is 17.8 Å². The van der Waals surface area contributed by atoms with Crippen LogP contribution in [0.4, 0.5) is 23.4 Å². The van der Waals surface area contributed by atoms with Crippen molar-refractivity contribution in [1.29, 1.82) is 0 Å². The van der Waals surface area contributed by atoms with Crippen molar-refractivity contribution in [3.63, 3.8) is 0 Å². The Kier molecular flexibility index (Phi) is 5.53. The van der Waals surface area contributed by atoms with Gasteiger partial charge in [-0.2, -0.15) is 13.2 Å². The molecule has 1 aromatic heterocycles. The topological polar surface area (TPSA) is 58.1 Å². The highest BCUT2D eigenvalue weighted by molar-refractivity contribution is 5.77. The van der Waals surface area contributed by atoms with Crippen LogP contribution in [0, 0.1) is 5.82 Å². The van der Waals surface area contributed by atoms with Crippen molar-refractivity contribution < 1.29 is 22.4 Å². The fourth-order valence-corrected chi connectivity index (χ4v) is 3.06. The first-order valence-electron chi connectivity index (χ1n) is 8.89. The van der Waals surface area contributed by atoms with Gasteiger partial charge >= 0.3 is 6.18 Å². The van der Waals surface area contributed by atoms with Gasteiger partial charge in [-0.15, -0.1) is 0 Å². The highest BCUT2D eigenvalue weighted by Gasteiger charge is 2.35. The quantitative estimate of drug-likeness (QED) is 0.796. The van der Waals surface area contributed by atoms with Crippen LogP contribution in [0.3, 0.4) is 0 Å². The van der Waals surface area contributed by atoms with Gasteiger partial charge in [0.2, 0.25) is 5.91 Å². The summed E-state index contributed by atoms with van der Waals surface area (Å²) in [6.07, 6.45) is -5.73. The van der Waals surface area contributed by atoms with Crippen molar-refractivity contribution >= 4 is 11.7 Å². The van der Waals surface area contributed by atoms with Gasteiger partial charge in [-0.25, -0.2) is 14.4 Å². The minimum atomic E-state index is -4.55. The minimum absolute atomic E-state index is 0.000567. The van der Waals surface area contributed by atoms with Crippen LogP contribution in [-0.4, -0.2) is 39.5 Å². The van der Waals surface area contributed by atoms with E-state index >= 15 is 0 Å². The van der Waals surface area contributed by atoms with Gasteiger partial charge in [-0.05, 0) is 26.0 Å². The molecule has 3 rings (SSSR count). The van der Waals surface area contributed by atoms with E-state index in [1.807, 2.05) is 13.8 Å². The van der Waals surface area contributed by atoms with Crippen molar-refractivity contribution in [1.82, 2.24) is 14.9 Å². The third-order valence-electron chi connectivity index (χ3n) is 4.27. The lowest BCUT2D eigenvalue weighted by Crippen LogP contribution is -2.39. The Morgan fingerprint density at radius 3 is 2.68 bits per heavy atom. The predicted molar refractivity (Wildman–Crippen MR) is 96.0 cm³/mol. The number of fused-ring (bicyclic) bond motifs is 1. The second-order valence-electron chi connectivity index (χ2n) is 6.99. The standard InChI is InChI=1S/C19H20F4N4O/c1-11(2)24-18-14-10-27(16(28)9-19(21,22)23)7-6-15(14)25-17(26-18)12-4-3-5-13(20)8-12/h3-5,8,11H,6-7,9-10H2,1-2H3,(H,24,25,26). The number of carbonyl (C=O) groups excluding carboxylic acids is 1. The van der Waals surface area contributed by atoms with Crippen molar-refractivity contribution in [3.05, 3.63) is 41.3 Å². The van der Waals surface area contributed by atoms with Gasteiger partial charge in [0.1, 0.15) is 18.1 Å². The second kappa shape index (κ2) is 7.73. The van der Waals surface area contributed by atoms with Crippen LogP contribution >= 0.6 is 0 Å². The molecule has 0 saturated heterocycles. The van der Waals surface area contributed by atoms with E-state index in [0.29, 0.717) is 34.9 Å². The van der Waals surface area contributed by atoms with Gasteiger partial charge in [0.25, 0.3) is 0 Å². The fraction of sp³-hybridized carbons (Fsp3) is 0.421. The monoisotopic (exact) mass is 396 g/mol. The summed E-state index contributed by atoms with van der Waals surface area (Å²) in [6, 6.07) is 5.88. The molecule has 0 bridgehead atoms. The van der Waals surface area contributed by atoms with Gasteiger partial charge < -0.3 is 10.2 Å². The van der Waals surface area contributed by atoms with Crippen LogP contribution in [0.2, 0.25) is 0 Å². The number of benzene rings is 1. The van der Waals surface area contributed by atoms with Gasteiger partial charge in [-0.3, -0.25) is 4.79 Å². The normalized spacial score (nSPS) is 14.2. The lowest BCUT2D eigenvalue weighted by Gasteiger charge is -2.30. The van der Waals surface area contributed by atoms with E-state index in [9.17, 15) is 22.4 Å². The Morgan fingerprint density at radius 2 is 2.04 bits per heavy atom. The third-order valence-corrected chi connectivity index (χ3v) is 4.27. The first kappa shape index (κ1) is 20.0. The molecule has 0 saturated carbocycles. The number of aromatic nitrogens is 2. The summed E-state index contributed by atoms with van der Waals surface area (Å²) in [4.78, 5) is 22.1. The number of halogens is 4. The Labute approximate surface area is 159 Å². The van der Waals surface area contributed by atoms with Crippen LogP contribution in [0.1, 0.15) is 31.5 Å². The summed E-state index contributed by atoms with van der Waals surface area (Å²) >= 11 is 0. The van der Waals surface area contributed by atoms with Crippen molar-refractivity contribution in [2.75, 3.05) is 11.9 Å². The Balaban J connectivity index is 1.95. The van der Waals surface area contributed by atoms with Crippen LogP contribution in [0.15, 0.2) is 24.3 Å². The zero-order valence-electron chi connectivity index (χ0n) is 15.5. The van der Waals surface area contributed by atoms with E-state index in [1.54, 1.807) is 12.1 Å². The summed E-state index contributed by atoms with van der Waals surface area (Å²) in [7, 11) is 0. The number of anilines is 1. The molecule has 1 amide bonds. The smallest absolute Gasteiger partial charge is 0.367 e. The largest absolute Gasteiger partial charge is 0.397 e. The molecule has 0 aliphatic carbocycles. The lowest BCUT2D eigenvalue weighted by atomic mass is 10.0. The number of nitrogens with one attached hydrogen (secondary N) is 1. The van der Waals surface area contributed by atoms with Gasteiger partial charge in [0.15, 0.2) is 5.82 Å². The average molecular weight is 396 g/mol. The Bertz CT molecular complexity index is 883. The minimum Gasteiger partial charge on any atom is -0.367 e. The van der Waals surface area contributed by atoms with E-state index in [4.69, 9.17) is 0 Å². The molecule has 1 aliphatic heterocycles. The maximum Gasteiger partial charge on any atom is 0.397 e. The maximum absolute atomic E-state index is 13.6. The molecule has 9 heteroatoms. The van der Waals surface area contributed by atoms with Crippen molar-refractivity contribution in [2.24, 2.45) is 0 Å². The number of nitrogens with zero attached hydrogens (tertiary/aromatic N) is 3. The fourth-order valence-electron chi connectivity index (χ4n) is 3.06. The number of carbonyl (C=O) groups is 1. The highest BCUT2D eigenvalue weighted by Crippen LogP contribution is 2.29. The molecule has 150 valence electrons. The molecule has 0 atom stereocenters. The van der Waals surface area contributed by atoms with Crippen LogP contribution in [0.25, 0.3) is 11.4 Å². The molecule has 1 aromatic carbocycles. The zero-order chi connectivity index (χ0) is 20.5. The molecule has 1 aliphatic rings. The van der Waals surface area contributed by atoms with E-state index < -0.39 is 24.3 Å². The molecule has 2 heterocycles. The number of rotatable bonds is 4. The van der Waals surface area contributed by atoms with E-state index in [0.717, 1.165) is 0 Å². The molecule has 28 heavy (non-hydrogen) atoms. The molecule has 0 spiro atoms. The van der Waals surface area contributed by atoms with Gasteiger partial charge in [0, 0.05) is 30.1 Å². The molecule has 0 fully saturated rings. The van der Waals surface area contributed by atoms with Crippen molar-refractivity contribution in [3.8, 4) is 11.4 Å². The molecular formula is C19H20F4N4O. The molecular weight excluding hydrogens is 376 g/mol. The summed E-state index contributed by atoms with van der Waals surface area (Å²) in [5, 5.41) is 3.16. The van der Waals surface area contributed by atoms with Crippen LogP contribution < -0.4 is 5.32 Å². The molecule has 1 N–H and O–H groups in total. The average Bonchev–Trinajstić information content (AvgIpc) is 2.59. The Morgan fingerprint density at radius 1 is 1.29 bits per heavy atom. The van der Waals surface area contributed by atoms with Gasteiger partial charge in [-0.1, -0.05) is 12.1 Å². The maximum atomic E-state index is 13.6. The Hall–Kier alpha value is -2.71. The molecule has 2 aromatic rings. The SMILES string of the molecule is CC(C)Nc1nc(-c2cccc(F)c2)nc2c1CN(C(=O)CC(F)(F)F)CC2. The van der Waals surface area contributed by atoms with E-state index in [1.165, 1.54) is 17.0 Å². The number of hydrogen-bond donors (Lipinski definition) is 1. The third kappa shape index (κ3) is 4.76. The molecule has 5 nitrogen and oxygen atoms in total. The summed E-state index contributed by atoms with van der Waals surface area (Å²) in [5.41, 5.74) is 1.74. The van der Waals surface area contributed by atoms with E-state index in [-0.39, 0.29) is 19.1 Å². The number of amides is 1. The predicted octanol–water partition coefficient (Wildman–Crippen LogP) is 3.94. The zero-order valence-corrected chi connectivity index (χ0v) is 15.5. The molecule has 0 radical (unpaired) electrons. The van der Waals surface area contributed by atoms with E-state index in [2.05, 4.69) is 15.3 Å². The number of hydrogen-bond acceptors (Lipinski definition) is 4. The first-order chi connectivity index (χ1) is 13.1. The van der Waals surface area contributed by atoms with Gasteiger partial charge in [0.05, 0.1) is 12.2 Å². The summed E-state index contributed by atoms with van der Waals surface area (Å²) in [5.74, 6) is -0.607. The highest BCUT2D eigenvalue weighted by atomic mass is 19.4. The summed E-state index contributed by atoms with van der Waals surface area (Å²) in [6.45, 7) is 3.93. The first-order valence-corrected chi connectivity index (χ1v) is 8.89.